The second-order valence-corrected chi connectivity index (χ2v) is 7.50. The van der Waals surface area contributed by atoms with Gasteiger partial charge in [0.25, 0.3) is 0 Å². The molecule has 148 valence electrons. The van der Waals surface area contributed by atoms with Crippen molar-refractivity contribution in [2.24, 2.45) is 5.92 Å². The molecule has 0 radical (unpaired) electrons. The highest BCUT2D eigenvalue weighted by Gasteiger charge is 2.32. The SMILES string of the molecule is CNC1CCCN(C(=O)C2CCCN(C(=O)CCOc3ccccc3)C2)C1. The average molecular weight is 373 g/mol. The third kappa shape index (κ3) is 5.45. The quantitative estimate of drug-likeness (QED) is 0.827. The maximum absolute atomic E-state index is 12.9. The van der Waals surface area contributed by atoms with Crippen LogP contribution >= 0.6 is 0 Å². The number of likely N-dealkylation sites (N-methyl/N-ethyl adjacent to an activating group) is 1. The van der Waals surface area contributed by atoms with Crippen LogP contribution in [0.15, 0.2) is 30.3 Å². The lowest BCUT2D eigenvalue weighted by molar-refractivity contribution is -0.142. The molecule has 6 heteroatoms. The van der Waals surface area contributed by atoms with E-state index in [1.165, 1.54) is 0 Å². The summed E-state index contributed by atoms with van der Waals surface area (Å²) in [6, 6.07) is 9.92. The minimum absolute atomic E-state index is 0.0617. The Kier molecular flexibility index (Phi) is 7.10. The number of amides is 2. The van der Waals surface area contributed by atoms with Crippen LogP contribution in [0.25, 0.3) is 0 Å². The average Bonchev–Trinajstić information content (AvgIpc) is 2.74. The van der Waals surface area contributed by atoms with Gasteiger partial charge in [0, 0.05) is 32.2 Å². The van der Waals surface area contributed by atoms with E-state index in [-0.39, 0.29) is 17.7 Å². The van der Waals surface area contributed by atoms with Crippen molar-refractivity contribution in [3.8, 4) is 5.75 Å². The first-order valence-corrected chi connectivity index (χ1v) is 10.1. The molecule has 0 bridgehead atoms. The number of ether oxygens (including phenoxy) is 1. The lowest BCUT2D eigenvalue weighted by Gasteiger charge is -2.38. The van der Waals surface area contributed by atoms with E-state index in [1.54, 1.807) is 0 Å². The summed E-state index contributed by atoms with van der Waals surface area (Å²) in [5, 5.41) is 3.28. The van der Waals surface area contributed by atoms with E-state index in [4.69, 9.17) is 4.74 Å². The molecule has 0 saturated carbocycles. The molecule has 3 rings (SSSR count). The van der Waals surface area contributed by atoms with Crippen molar-refractivity contribution in [1.82, 2.24) is 15.1 Å². The van der Waals surface area contributed by atoms with Crippen LogP contribution < -0.4 is 10.1 Å². The Bertz CT molecular complexity index is 622. The van der Waals surface area contributed by atoms with Crippen LogP contribution in [-0.2, 0) is 9.59 Å². The topological polar surface area (TPSA) is 61.9 Å². The minimum atomic E-state index is -0.0617. The number of piperidine rings is 2. The zero-order valence-electron chi connectivity index (χ0n) is 16.2. The smallest absolute Gasteiger partial charge is 0.227 e. The van der Waals surface area contributed by atoms with Gasteiger partial charge in [0.15, 0.2) is 0 Å². The zero-order chi connectivity index (χ0) is 19.1. The molecule has 0 aromatic heterocycles. The third-order valence-corrected chi connectivity index (χ3v) is 5.59. The van der Waals surface area contributed by atoms with E-state index in [0.717, 1.165) is 51.1 Å². The molecule has 0 spiro atoms. The van der Waals surface area contributed by atoms with Gasteiger partial charge in [0.2, 0.25) is 11.8 Å². The van der Waals surface area contributed by atoms with Gasteiger partial charge in [-0.1, -0.05) is 18.2 Å². The maximum Gasteiger partial charge on any atom is 0.227 e. The van der Waals surface area contributed by atoms with Gasteiger partial charge in [-0.15, -0.1) is 0 Å². The van der Waals surface area contributed by atoms with Gasteiger partial charge < -0.3 is 19.9 Å². The highest BCUT2D eigenvalue weighted by atomic mass is 16.5. The molecule has 1 N–H and O–H groups in total. The number of hydrogen-bond acceptors (Lipinski definition) is 4. The Morgan fingerprint density at radius 1 is 1.07 bits per heavy atom. The van der Waals surface area contributed by atoms with Gasteiger partial charge in [-0.25, -0.2) is 0 Å². The third-order valence-electron chi connectivity index (χ3n) is 5.59. The van der Waals surface area contributed by atoms with Crippen LogP contribution in [0.5, 0.6) is 5.75 Å². The van der Waals surface area contributed by atoms with Gasteiger partial charge in [-0.2, -0.15) is 0 Å². The van der Waals surface area contributed by atoms with Crippen LogP contribution in [0.2, 0.25) is 0 Å². The van der Waals surface area contributed by atoms with Crippen molar-refractivity contribution in [3.05, 3.63) is 30.3 Å². The number of likely N-dealkylation sites (tertiary alicyclic amines) is 2. The normalized spacial score (nSPS) is 23.1. The van der Waals surface area contributed by atoms with Gasteiger partial charge in [-0.3, -0.25) is 9.59 Å². The molecular weight excluding hydrogens is 342 g/mol. The van der Waals surface area contributed by atoms with E-state index in [1.807, 2.05) is 47.2 Å². The van der Waals surface area contributed by atoms with E-state index >= 15 is 0 Å². The Morgan fingerprint density at radius 3 is 2.59 bits per heavy atom. The zero-order valence-corrected chi connectivity index (χ0v) is 16.2. The molecule has 2 atom stereocenters. The van der Waals surface area contributed by atoms with Gasteiger partial charge in [0.1, 0.15) is 5.75 Å². The first-order chi connectivity index (χ1) is 13.2. The number of carbonyl (C=O) groups excluding carboxylic acids is 2. The van der Waals surface area contributed by atoms with Crippen LogP contribution in [-0.4, -0.2) is 67.5 Å². The van der Waals surface area contributed by atoms with Crippen molar-refractivity contribution in [1.29, 1.82) is 0 Å². The van der Waals surface area contributed by atoms with Gasteiger partial charge >= 0.3 is 0 Å². The number of carbonyl (C=O) groups is 2. The summed E-state index contributed by atoms with van der Waals surface area (Å²) in [6.07, 6.45) is 4.29. The van der Waals surface area contributed by atoms with Crippen LogP contribution in [0, 0.1) is 5.92 Å². The molecule has 2 heterocycles. The number of rotatable bonds is 6. The molecule has 2 saturated heterocycles. The monoisotopic (exact) mass is 373 g/mol. The Balaban J connectivity index is 1.46. The molecule has 1 aromatic rings. The molecule has 6 nitrogen and oxygen atoms in total. The molecule has 2 aliphatic heterocycles. The maximum atomic E-state index is 12.9. The van der Waals surface area contributed by atoms with E-state index < -0.39 is 0 Å². The summed E-state index contributed by atoms with van der Waals surface area (Å²) < 4.78 is 5.63. The molecule has 2 unspecified atom stereocenters. The molecule has 2 amide bonds. The fourth-order valence-electron chi connectivity index (χ4n) is 4.01. The van der Waals surface area contributed by atoms with E-state index in [0.29, 0.717) is 25.6 Å². The van der Waals surface area contributed by atoms with Crippen molar-refractivity contribution in [2.45, 2.75) is 38.1 Å². The van der Waals surface area contributed by atoms with Gasteiger partial charge in [0.05, 0.1) is 18.9 Å². The fourth-order valence-corrected chi connectivity index (χ4v) is 4.01. The lowest BCUT2D eigenvalue weighted by atomic mass is 9.94. The minimum Gasteiger partial charge on any atom is -0.493 e. The number of nitrogens with one attached hydrogen (secondary N) is 1. The van der Waals surface area contributed by atoms with Crippen LogP contribution in [0.3, 0.4) is 0 Å². The second-order valence-electron chi connectivity index (χ2n) is 7.50. The molecule has 2 aliphatic rings. The summed E-state index contributed by atoms with van der Waals surface area (Å²) >= 11 is 0. The second kappa shape index (κ2) is 9.74. The Labute approximate surface area is 161 Å². The Morgan fingerprint density at radius 2 is 1.81 bits per heavy atom. The molecule has 0 aliphatic carbocycles. The standard InChI is InChI=1S/C21H31N3O3/c1-22-18-8-6-13-24(16-18)21(26)17-7-5-12-23(15-17)20(25)11-14-27-19-9-3-2-4-10-19/h2-4,9-10,17-18,22H,5-8,11-16H2,1H3. The number of nitrogens with zero attached hydrogens (tertiary/aromatic N) is 2. The highest BCUT2D eigenvalue weighted by Crippen LogP contribution is 2.22. The summed E-state index contributed by atoms with van der Waals surface area (Å²) in [5.74, 6) is 1.01. The molecule has 27 heavy (non-hydrogen) atoms. The van der Waals surface area contributed by atoms with Crippen LogP contribution in [0.4, 0.5) is 0 Å². The van der Waals surface area contributed by atoms with Crippen molar-refractivity contribution < 1.29 is 14.3 Å². The summed E-state index contributed by atoms with van der Waals surface area (Å²) in [7, 11) is 1.96. The first kappa shape index (κ1) is 19.7. The van der Waals surface area contributed by atoms with Crippen LogP contribution in [0.1, 0.15) is 32.1 Å². The predicted molar refractivity (Wildman–Crippen MR) is 105 cm³/mol. The molecule has 1 aromatic carbocycles. The molecule has 2 fully saturated rings. The largest absolute Gasteiger partial charge is 0.493 e. The number of para-hydroxylation sites is 1. The Hall–Kier alpha value is -2.08. The predicted octanol–water partition coefficient (Wildman–Crippen LogP) is 1.90. The summed E-state index contributed by atoms with van der Waals surface area (Å²) in [4.78, 5) is 29.3. The lowest BCUT2D eigenvalue weighted by Crippen LogP contribution is -2.52. The number of hydrogen-bond donors (Lipinski definition) is 1. The van der Waals surface area contributed by atoms with E-state index in [9.17, 15) is 9.59 Å². The summed E-state index contributed by atoms with van der Waals surface area (Å²) in [5.41, 5.74) is 0. The number of benzene rings is 1. The van der Waals surface area contributed by atoms with Crippen molar-refractivity contribution in [2.75, 3.05) is 39.8 Å². The van der Waals surface area contributed by atoms with Crippen molar-refractivity contribution >= 4 is 11.8 Å². The van der Waals surface area contributed by atoms with Gasteiger partial charge in [-0.05, 0) is 44.9 Å². The molecular formula is C21H31N3O3. The fraction of sp³-hybridized carbons (Fsp3) is 0.619. The summed E-state index contributed by atoms with van der Waals surface area (Å²) in [6.45, 7) is 3.28. The van der Waals surface area contributed by atoms with Crippen molar-refractivity contribution in [3.63, 3.8) is 0 Å². The van der Waals surface area contributed by atoms with E-state index in [2.05, 4.69) is 5.32 Å². The highest BCUT2D eigenvalue weighted by molar-refractivity contribution is 5.81. The first-order valence-electron chi connectivity index (χ1n) is 10.1.